The van der Waals surface area contributed by atoms with E-state index in [2.05, 4.69) is 16.0 Å². The minimum Gasteiger partial charge on any atom is -0.465 e. The number of hydrogen-bond acceptors (Lipinski definition) is 2. The van der Waals surface area contributed by atoms with E-state index in [-0.39, 0.29) is 17.1 Å². The minimum atomic E-state index is -1.00. The Hall–Kier alpha value is -1.17. The van der Waals surface area contributed by atoms with E-state index >= 15 is 0 Å². The monoisotopic (exact) mass is 247 g/mol. The van der Waals surface area contributed by atoms with Gasteiger partial charge in [0.1, 0.15) is 0 Å². The van der Waals surface area contributed by atoms with Gasteiger partial charge in [0.25, 0.3) is 0 Å². The third kappa shape index (κ3) is 1.89. The molecule has 90 valence electrons. The molecule has 7 heteroatoms. The number of carbonyl (C=O) groups is 2. The molecule has 0 aromatic heterocycles. The summed E-state index contributed by atoms with van der Waals surface area (Å²) < 4.78 is 0. The molecule has 0 atom stereocenters. The number of alkyl halides is 1. The summed E-state index contributed by atoms with van der Waals surface area (Å²) in [6.07, 6.45) is 1.04. The van der Waals surface area contributed by atoms with Crippen molar-refractivity contribution >= 4 is 23.7 Å². The highest BCUT2D eigenvalue weighted by Crippen LogP contribution is 2.60. The van der Waals surface area contributed by atoms with Crippen LogP contribution < -0.4 is 16.0 Å². The fraction of sp³-hybridized carbons (Fsp3) is 0.778. The van der Waals surface area contributed by atoms with Crippen LogP contribution in [0.4, 0.5) is 9.59 Å². The van der Waals surface area contributed by atoms with Gasteiger partial charge in [0.15, 0.2) is 0 Å². The fourth-order valence-corrected chi connectivity index (χ4v) is 2.82. The van der Waals surface area contributed by atoms with Gasteiger partial charge in [0.05, 0.1) is 5.54 Å². The third-order valence-electron chi connectivity index (χ3n) is 3.16. The van der Waals surface area contributed by atoms with Crippen LogP contribution in [0.15, 0.2) is 0 Å². The van der Waals surface area contributed by atoms with Crippen molar-refractivity contribution in [1.29, 1.82) is 0 Å². The zero-order chi connectivity index (χ0) is 11.8. The van der Waals surface area contributed by atoms with E-state index in [9.17, 15) is 9.59 Å². The van der Waals surface area contributed by atoms with Crippen molar-refractivity contribution in [3.05, 3.63) is 0 Å². The molecule has 0 saturated heterocycles. The summed E-state index contributed by atoms with van der Waals surface area (Å²) in [5.74, 6) is 0.380. The molecule has 0 aliphatic heterocycles. The van der Waals surface area contributed by atoms with Gasteiger partial charge in [0.2, 0.25) is 0 Å². The largest absolute Gasteiger partial charge is 0.465 e. The molecule has 0 heterocycles. The fourth-order valence-electron chi connectivity index (χ4n) is 2.73. The highest BCUT2D eigenvalue weighted by atomic mass is 35.5. The molecule has 3 amide bonds. The van der Waals surface area contributed by atoms with E-state index in [1.54, 1.807) is 0 Å². The van der Waals surface area contributed by atoms with Crippen molar-refractivity contribution in [3.8, 4) is 0 Å². The molecule has 3 aliphatic rings. The Morgan fingerprint density at radius 1 is 1.19 bits per heavy atom. The summed E-state index contributed by atoms with van der Waals surface area (Å²) in [5, 5.41) is 16.5. The maximum absolute atomic E-state index is 11.3. The molecule has 3 rings (SSSR count). The van der Waals surface area contributed by atoms with E-state index < -0.39 is 6.09 Å². The molecule has 6 nitrogen and oxygen atoms in total. The zero-order valence-electron chi connectivity index (χ0n) is 8.68. The molecule has 0 unspecified atom stereocenters. The minimum absolute atomic E-state index is 0.196. The summed E-state index contributed by atoms with van der Waals surface area (Å²) in [7, 11) is 0. The van der Waals surface area contributed by atoms with E-state index in [4.69, 9.17) is 16.7 Å². The number of halogens is 1. The van der Waals surface area contributed by atoms with Crippen LogP contribution >= 0.6 is 11.6 Å². The standard InChI is InChI=1S/C9H14ClN3O3/c10-1-2-11-6(14)12-8-3-9(4-8,5-8)13-7(15)16/h13H,1-5H2,(H,15,16)(H2,11,12,14). The van der Waals surface area contributed by atoms with Gasteiger partial charge in [-0.25, -0.2) is 9.59 Å². The van der Waals surface area contributed by atoms with Crippen molar-refractivity contribution in [1.82, 2.24) is 16.0 Å². The molecule has 0 spiro atoms. The van der Waals surface area contributed by atoms with Crippen molar-refractivity contribution in [2.45, 2.75) is 30.3 Å². The number of amides is 3. The maximum Gasteiger partial charge on any atom is 0.405 e. The summed E-state index contributed by atoms with van der Waals surface area (Å²) in [6.45, 7) is 0.433. The lowest BCUT2D eigenvalue weighted by Crippen LogP contribution is -2.84. The van der Waals surface area contributed by atoms with Gasteiger partial charge in [-0.3, -0.25) is 0 Å². The van der Waals surface area contributed by atoms with Crippen LogP contribution in [-0.2, 0) is 0 Å². The van der Waals surface area contributed by atoms with Crippen molar-refractivity contribution in [2.24, 2.45) is 0 Å². The molecule has 3 saturated carbocycles. The maximum atomic E-state index is 11.3. The number of carboxylic acid groups (broad SMARTS) is 1. The molecule has 0 aromatic rings. The predicted octanol–water partition coefficient (Wildman–Crippen LogP) is 0.467. The van der Waals surface area contributed by atoms with Gasteiger partial charge in [-0.15, -0.1) is 11.6 Å². The van der Waals surface area contributed by atoms with Crippen LogP contribution in [0, 0.1) is 0 Å². The first-order chi connectivity index (χ1) is 7.49. The van der Waals surface area contributed by atoms with Crippen LogP contribution in [0.25, 0.3) is 0 Å². The summed E-state index contributed by atoms with van der Waals surface area (Å²) in [5.41, 5.74) is -0.482. The average Bonchev–Trinajstić information content (AvgIpc) is 2.08. The number of hydrogen-bond donors (Lipinski definition) is 4. The smallest absolute Gasteiger partial charge is 0.405 e. The molecule has 2 bridgehead atoms. The Bertz CT molecular complexity index is 314. The van der Waals surface area contributed by atoms with Gasteiger partial charge >= 0.3 is 12.1 Å². The quantitative estimate of drug-likeness (QED) is 0.544. The van der Waals surface area contributed by atoms with E-state index in [1.165, 1.54) is 0 Å². The molecule has 16 heavy (non-hydrogen) atoms. The van der Waals surface area contributed by atoms with Crippen LogP contribution in [0.1, 0.15) is 19.3 Å². The van der Waals surface area contributed by atoms with Gasteiger partial charge in [0, 0.05) is 18.0 Å². The lowest BCUT2D eigenvalue weighted by molar-refractivity contribution is -0.0901. The topological polar surface area (TPSA) is 90.5 Å². The Morgan fingerprint density at radius 2 is 1.75 bits per heavy atom. The van der Waals surface area contributed by atoms with Gasteiger partial charge in [-0.2, -0.15) is 0 Å². The van der Waals surface area contributed by atoms with E-state index in [0.29, 0.717) is 31.7 Å². The molecule has 3 aliphatic carbocycles. The van der Waals surface area contributed by atoms with Gasteiger partial charge in [-0.1, -0.05) is 0 Å². The molecule has 4 N–H and O–H groups in total. The van der Waals surface area contributed by atoms with E-state index in [1.807, 2.05) is 0 Å². The van der Waals surface area contributed by atoms with Crippen molar-refractivity contribution < 1.29 is 14.7 Å². The third-order valence-corrected chi connectivity index (χ3v) is 3.35. The van der Waals surface area contributed by atoms with Crippen LogP contribution in [0.3, 0.4) is 0 Å². The molecule has 0 aromatic carbocycles. The lowest BCUT2D eigenvalue weighted by atomic mass is 9.44. The Labute approximate surface area is 97.7 Å². The summed E-state index contributed by atoms with van der Waals surface area (Å²) in [6, 6.07) is -0.232. The molecular formula is C9H14ClN3O3. The van der Waals surface area contributed by atoms with Crippen LogP contribution in [0.5, 0.6) is 0 Å². The predicted molar refractivity (Wildman–Crippen MR) is 57.7 cm³/mol. The van der Waals surface area contributed by atoms with Crippen molar-refractivity contribution in [3.63, 3.8) is 0 Å². The Morgan fingerprint density at radius 3 is 2.25 bits per heavy atom. The number of urea groups is 1. The lowest BCUT2D eigenvalue weighted by Gasteiger charge is -2.69. The highest BCUT2D eigenvalue weighted by molar-refractivity contribution is 6.18. The Kier molecular flexibility index (Phi) is 2.61. The first kappa shape index (κ1) is 11.3. The first-order valence-corrected chi connectivity index (χ1v) is 5.66. The summed E-state index contributed by atoms with van der Waals surface area (Å²) >= 11 is 5.44. The second-order valence-electron chi connectivity index (χ2n) is 4.59. The van der Waals surface area contributed by atoms with Crippen LogP contribution in [0.2, 0.25) is 0 Å². The zero-order valence-corrected chi connectivity index (χ0v) is 9.43. The van der Waals surface area contributed by atoms with Gasteiger partial charge in [-0.05, 0) is 19.3 Å². The SMILES string of the molecule is O=C(O)NC12CC(NC(=O)NCCCl)(C1)C2. The van der Waals surface area contributed by atoms with E-state index in [0.717, 1.165) is 0 Å². The van der Waals surface area contributed by atoms with Gasteiger partial charge < -0.3 is 21.1 Å². The van der Waals surface area contributed by atoms with Crippen LogP contribution in [-0.4, -0.2) is 40.7 Å². The summed E-state index contributed by atoms with van der Waals surface area (Å²) in [4.78, 5) is 21.8. The number of carbonyl (C=O) groups excluding carboxylic acids is 1. The number of nitrogens with one attached hydrogen (secondary N) is 3. The first-order valence-electron chi connectivity index (χ1n) is 5.12. The molecule has 3 fully saturated rings. The second kappa shape index (κ2) is 3.69. The highest BCUT2D eigenvalue weighted by Gasteiger charge is 2.69. The number of rotatable bonds is 4. The van der Waals surface area contributed by atoms with Crippen molar-refractivity contribution in [2.75, 3.05) is 12.4 Å². The normalized spacial score (nSPS) is 34.3. The molecular weight excluding hydrogens is 234 g/mol. The molecule has 0 radical (unpaired) electrons. The Balaban J connectivity index is 1.72. The second-order valence-corrected chi connectivity index (χ2v) is 4.97. The average molecular weight is 248 g/mol.